The van der Waals surface area contributed by atoms with Crippen LogP contribution >= 0.6 is 0 Å². The Bertz CT molecular complexity index is 952. The highest BCUT2D eigenvalue weighted by atomic mass is 16.3. The highest BCUT2D eigenvalue weighted by Gasteiger charge is 2.19. The molecular weight excluding hydrogens is 308 g/mol. The number of nitrogens with one attached hydrogen (secondary N) is 2. The van der Waals surface area contributed by atoms with Gasteiger partial charge in [-0.05, 0) is 30.7 Å². The first-order valence-corrected chi connectivity index (χ1v) is 7.18. The zero-order chi connectivity index (χ0) is 17.1. The van der Waals surface area contributed by atoms with E-state index < -0.39 is 17.2 Å². The van der Waals surface area contributed by atoms with Gasteiger partial charge in [0, 0.05) is 11.9 Å². The van der Waals surface area contributed by atoms with Crippen molar-refractivity contribution >= 4 is 11.6 Å². The maximum Gasteiger partial charge on any atom is 0.294 e. The molecule has 0 aliphatic heterocycles. The van der Waals surface area contributed by atoms with Crippen molar-refractivity contribution in [1.82, 2.24) is 15.0 Å². The Hall–Kier alpha value is -3.48. The topological polar surface area (TPSA) is 108 Å². The zero-order valence-electron chi connectivity index (χ0n) is 12.8. The van der Waals surface area contributed by atoms with E-state index >= 15 is 0 Å². The van der Waals surface area contributed by atoms with Crippen molar-refractivity contribution in [2.24, 2.45) is 0 Å². The molecule has 120 valence electrons. The van der Waals surface area contributed by atoms with Crippen LogP contribution in [0.1, 0.15) is 16.1 Å². The largest absolute Gasteiger partial charge is 0.501 e. The molecule has 1 amide bonds. The van der Waals surface area contributed by atoms with Crippen molar-refractivity contribution in [2.75, 3.05) is 5.32 Å². The normalized spacial score (nSPS) is 10.4. The quantitative estimate of drug-likeness (QED) is 0.684. The first-order valence-electron chi connectivity index (χ1n) is 7.18. The predicted molar refractivity (Wildman–Crippen MR) is 88.9 cm³/mol. The number of amides is 1. The summed E-state index contributed by atoms with van der Waals surface area (Å²) in [5.74, 6) is -1.31. The van der Waals surface area contributed by atoms with Crippen molar-refractivity contribution in [3.63, 3.8) is 0 Å². The van der Waals surface area contributed by atoms with Crippen molar-refractivity contribution in [3.8, 4) is 17.3 Å². The lowest BCUT2D eigenvalue weighted by Crippen LogP contribution is -2.20. The van der Waals surface area contributed by atoms with Crippen molar-refractivity contribution in [1.29, 1.82) is 0 Å². The molecular formula is C17H14N4O3. The molecule has 0 saturated carbocycles. The molecule has 0 radical (unpaired) electrons. The molecule has 0 saturated heterocycles. The Morgan fingerprint density at radius 3 is 2.62 bits per heavy atom. The number of anilines is 1. The fourth-order valence-corrected chi connectivity index (χ4v) is 2.14. The average molecular weight is 322 g/mol. The average Bonchev–Trinajstić information content (AvgIpc) is 2.60. The lowest BCUT2D eigenvalue weighted by Gasteiger charge is -2.09. The second-order valence-corrected chi connectivity index (χ2v) is 5.10. The lowest BCUT2D eigenvalue weighted by molar-refractivity contribution is 0.101. The minimum atomic E-state index is -0.805. The Labute approximate surface area is 137 Å². The minimum absolute atomic E-state index is 0.105. The van der Waals surface area contributed by atoms with E-state index in [0.717, 1.165) is 5.56 Å². The third-order valence-corrected chi connectivity index (χ3v) is 3.41. The van der Waals surface area contributed by atoms with Gasteiger partial charge in [0.15, 0.2) is 11.5 Å². The number of H-pyrrole nitrogens is 1. The SMILES string of the molecule is Cc1ccccc1NC(=O)c1nc(-c2ccccn2)[nH]c(=O)c1O. The lowest BCUT2D eigenvalue weighted by atomic mass is 10.2. The van der Waals surface area contributed by atoms with Crippen LogP contribution in [0.25, 0.3) is 11.5 Å². The fraction of sp³-hybridized carbons (Fsp3) is 0.0588. The first-order chi connectivity index (χ1) is 11.6. The molecule has 2 heterocycles. The number of nitrogens with zero attached hydrogens (tertiary/aromatic N) is 2. The van der Waals surface area contributed by atoms with Gasteiger partial charge >= 0.3 is 0 Å². The number of pyridine rings is 1. The molecule has 7 heteroatoms. The van der Waals surface area contributed by atoms with Gasteiger partial charge in [-0.25, -0.2) is 4.98 Å². The minimum Gasteiger partial charge on any atom is -0.501 e. The number of para-hydroxylation sites is 1. The smallest absolute Gasteiger partial charge is 0.294 e. The van der Waals surface area contributed by atoms with Crippen LogP contribution in [0.15, 0.2) is 53.5 Å². The summed E-state index contributed by atoms with van der Waals surface area (Å²) in [7, 11) is 0. The number of carbonyl (C=O) groups is 1. The molecule has 3 rings (SSSR count). The molecule has 3 N–H and O–H groups in total. The number of aryl methyl sites for hydroxylation is 1. The third kappa shape index (κ3) is 3.00. The number of hydrogen-bond acceptors (Lipinski definition) is 5. The van der Waals surface area contributed by atoms with Crippen molar-refractivity contribution in [2.45, 2.75) is 6.92 Å². The summed E-state index contributed by atoms with van der Waals surface area (Å²) in [6, 6.07) is 12.2. The molecule has 0 aliphatic rings. The Kier molecular flexibility index (Phi) is 4.07. The van der Waals surface area contributed by atoms with Crippen LogP contribution < -0.4 is 10.9 Å². The summed E-state index contributed by atoms with van der Waals surface area (Å²) in [6.07, 6.45) is 1.54. The van der Waals surface area contributed by atoms with E-state index in [1.165, 1.54) is 6.20 Å². The zero-order valence-corrected chi connectivity index (χ0v) is 12.8. The van der Waals surface area contributed by atoms with E-state index in [2.05, 4.69) is 20.3 Å². The second kappa shape index (κ2) is 6.33. The number of rotatable bonds is 3. The van der Waals surface area contributed by atoms with Crippen LogP contribution in [0.2, 0.25) is 0 Å². The summed E-state index contributed by atoms with van der Waals surface area (Å²) in [4.78, 5) is 34.8. The van der Waals surface area contributed by atoms with Crippen LogP contribution in [0.3, 0.4) is 0 Å². The summed E-state index contributed by atoms with van der Waals surface area (Å²) in [5, 5.41) is 12.5. The molecule has 0 atom stereocenters. The molecule has 0 bridgehead atoms. The van der Waals surface area contributed by atoms with Gasteiger partial charge in [-0.2, -0.15) is 0 Å². The fourth-order valence-electron chi connectivity index (χ4n) is 2.14. The standard InChI is InChI=1S/C17H14N4O3/c1-10-6-2-3-7-11(10)19-16(23)13-14(22)17(24)21-15(20-13)12-8-4-5-9-18-12/h2-9,22H,1H3,(H,19,23)(H,20,21,24). The molecule has 3 aromatic rings. The van der Waals surface area contributed by atoms with Crippen LogP contribution in [0, 0.1) is 6.92 Å². The van der Waals surface area contributed by atoms with E-state index in [0.29, 0.717) is 11.4 Å². The highest BCUT2D eigenvalue weighted by Crippen LogP contribution is 2.18. The number of aromatic nitrogens is 3. The van der Waals surface area contributed by atoms with Gasteiger partial charge in [-0.3, -0.25) is 14.6 Å². The molecule has 24 heavy (non-hydrogen) atoms. The molecule has 0 spiro atoms. The predicted octanol–water partition coefficient (Wildman–Crippen LogP) is 2.10. The monoisotopic (exact) mass is 322 g/mol. The van der Waals surface area contributed by atoms with Crippen molar-refractivity contribution in [3.05, 3.63) is 70.3 Å². The van der Waals surface area contributed by atoms with Gasteiger partial charge in [-0.1, -0.05) is 24.3 Å². The second-order valence-electron chi connectivity index (χ2n) is 5.10. The molecule has 1 aromatic carbocycles. The van der Waals surface area contributed by atoms with Gasteiger partial charge in [0.1, 0.15) is 5.69 Å². The van der Waals surface area contributed by atoms with Gasteiger partial charge in [0.25, 0.3) is 11.5 Å². The number of hydrogen-bond donors (Lipinski definition) is 3. The van der Waals surface area contributed by atoms with Crippen molar-refractivity contribution < 1.29 is 9.90 Å². The number of aromatic hydroxyl groups is 1. The third-order valence-electron chi connectivity index (χ3n) is 3.41. The van der Waals surface area contributed by atoms with Crippen LogP contribution in [-0.2, 0) is 0 Å². The Balaban J connectivity index is 2.01. The van der Waals surface area contributed by atoms with Gasteiger partial charge < -0.3 is 15.4 Å². The number of aromatic amines is 1. The van der Waals surface area contributed by atoms with Gasteiger partial charge in [0.2, 0.25) is 5.75 Å². The van der Waals surface area contributed by atoms with Crippen LogP contribution in [-0.4, -0.2) is 26.0 Å². The van der Waals surface area contributed by atoms with Gasteiger partial charge in [0.05, 0.1) is 0 Å². The van der Waals surface area contributed by atoms with E-state index in [9.17, 15) is 14.7 Å². The summed E-state index contributed by atoms with van der Waals surface area (Å²) in [6.45, 7) is 1.83. The van der Waals surface area contributed by atoms with E-state index in [1.54, 1.807) is 30.3 Å². The molecule has 0 aliphatic carbocycles. The maximum atomic E-state index is 12.4. The van der Waals surface area contributed by atoms with E-state index in [1.807, 2.05) is 19.1 Å². The molecule has 7 nitrogen and oxygen atoms in total. The molecule has 0 fully saturated rings. The highest BCUT2D eigenvalue weighted by molar-refractivity contribution is 6.05. The van der Waals surface area contributed by atoms with Gasteiger partial charge in [-0.15, -0.1) is 0 Å². The van der Waals surface area contributed by atoms with Crippen LogP contribution in [0.5, 0.6) is 5.75 Å². The number of benzene rings is 1. The van der Waals surface area contributed by atoms with Crippen LogP contribution in [0.4, 0.5) is 5.69 Å². The van der Waals surface area contributed by atoms with E-state index in [4.69, 9.17) is 0 Å². The molecule has 2 aromatic heterocycles. The maximum absolute atomic E-state index is 12.4. The summed E-state index contributed by atoms with van der Waals surface area (Å²) < 4.78 is 0. The Morgan fingerprint density at radius 2 is 1.92 bits per heavy atom. The summed E-state index contributed by atoms with van der Waals surface area (Å²) >= 11 is 0. The van der Waals surface area contributed by atoms with E-state index in [-0.39, 0.29) is 11.5 Å². The molecule has 0 unspecified atom stereocenters. The first kappa shape index (κ1) is 15.4. The Morgan fingerprint density at radius 1 is 1.17 bits per heavy atom. The number of carbonyl (C=O) groups excluding carboxylic acids is 1. The summed E-state index contributed by atoms with van der Waals surface area (Å²) in [5.41, 5.74) is 0.645.